The van der Waals surface area contributed by atoms with Crippen LogP contribution in [0.4, 0.5) is 0 Å². The largest absolute Gasteiger partial charge is 0.482 e. The number of fused-ring (bicyclic) bond motifs is 1. The van der Waals surface area contributed by atoms with Gasteiger partial charge in [-0.2, -0.15) is 0 Å². The van der Waals surface area contributed by atoms with E-state index in [0.717, 1.165) is 5.39 Å². The molecule has 0 aliphatic carbocycles. The van der Waals surface area contributed by atoms with Gasteiger partial charge in [-0.05, 0) is 37.3 Å². The predicted octanol–water partition coefficient (Wildman–Crippen LogP) is 2.80. The van der Waals surface area contributed by atoms with Gasteiger partial charge in [-0.15, -0.1) is 0 Å². The lowest BCUT2D eigenvalue weighted by molar-refractivity contribution is -0.145. The van der Waals surface area contributed by atoms with Crippen molar-refractivity contribution in [1.29, 1.82) is 0 Å². The highest BCUT2D eigenvalue weighted by molar-refractivity contribution is 5.82. The molecule has 0 fully saturated rings. The van der Waals surface area contributed by atoms with Gasteiger partial charge in [0.1, 0.15) is 11.3 Å². The van der Waals surface area contributed by atoms with E-state index >= 15 is 0 Å². The fraction of sp³-hybridized carbons (Fsp3) is 0.167. The van der Waals surface area contributed by atoms with Crippen molar-refractivity contribution in [3.63, 3.8) is 0 Å². The summed E-state index contributed by atoms with van der Waals surface area (Å²) in [7, 11) is 0. The molecule has 0 bridgehead atoms. The van der Waals surface area contributed by atoms with Crippen molar-refractivity contribution in [2.75, 3.05) is 13.2 Å². The van der Waals surface area contributed by atoms with Crippen LogP contribution in [0.25, 0.3) is 22.2 Å². The number of rotatable bonds is 5. The quantitative estimate of drug-likeness (QED) is 0.530. The molecule has 0 N–H and O–H groups in total. The van der Waals surface area contributed by atoms with E-state index in [0.29, 0.717) is 29.2 Å². The van der Waals surface area contributed by atoms with Crippen molar-refractivity contribution in [1.82, 2.24) is 4.98 Å². The van der Waals surface area contributed by atoms with Crippen molar-refractivity contribution in [3.05, 3.63) is 59.1 Å². The maximum Gasteiger partial charge on any atom is 0.345 e. The fourth-order valence-electron chi connectivity index (χ4n) is 2.23. The van der Waals surface area contributed by atoms with Crippen molar-refractivity contribution in [2.24, 2.45) is 0 Å². The predicted molar refractivity (Wildman–Crippen MR) is 87.8 cm³/mol. The molecule has 0 radical (unpaired) electrons. The van der Waals surface area contributed by atoms with E-state index in [1.165, 1.54) is 0 Å². The Labute approximate surface area is 137 Å². The van der Waals surface area contributed by atoms with E-state index in [9.17, 15) is 9.59 Å². The van der Waals surface area contributed by atoms with Crippen LogP contribution < -0.4 is 10.4 Å². The van der Waals surface area contributed by atoms with E-state index in [-0.39, 0.29) is 6.61 Å². The highest BCUT2D eigenvalue weighted by Crippen LogP contribution is 2.23. The smallest absolute Gasteiger partial charge is 0.345 e. The second-order valence-corrected chi connectivity index (χ2v) is 4.96. The zero-order valence-electron chi connectivity index (χ0n) is 13.0. The number of carbonyl (C=O) groups is 1. The van der Waals surface area contributed by atoms with Crippen molar-refractivity contribution < 1.29 is 18.7 Å². The summed E-state index contributed by atoms with van der Waals surface area (Å²) in [5, 5.41) is 0.735. The average molecular weight is 325 g/mol. The van der Waals surface area contributed by atoms with Gasteiger partial charge < -0.3 is 13.9 Å². The third-order valence-corrected chi connectivity index (χ3v) is 3.31. The SMILES string of the molecule is CCOC(=O)COc1ccc2cc(-c3ccccn3)c(=O)oc2c1. The molecule has 0 aliphatic heterocycles. The monoisotopic (exact) mass is 325 g/mol. The molecule has 0 aliphatic rings. The Morgan fingerprint density at radius 1 is 1.21 bits per heavy atom. The Morgan fingerprint density at radius 2 is 2.08 bits per heavy atom. The van der Waals surface area contributed by atoms with Crippen LogP contribution in [0, 0.1) is 0 Å². The molecule has 0 spiro atoms. The third kappa shape index (κ3) is 3.43. The molecule has 6 heteroatoms. The Balaban J connectivity index is 1.89. The van der Waals surface area contributed by atoms with Crippen LogP contribution in [0.5, 0.6) is 5.75 Å². The molecule has 3 aromatic rings. The lowest BCUT2D eigenvalue weighted by Crippen LogP contribution is -2.14. The number of benzene rings is 1. The van der Waals surface area contributed by atoms with Crippen molar-refractivity contribution in [3.8, 4) is 17.0 Å². The van der Waals surface area contributed by atoms with Gasteiger partial charge in [-0.25, -0.2) is 9.59 Å². The summed E-state index contributed by atoms with van der Waals surface area (Å²) in [6.07, 6.45) is 1.62. The molecule has 24 heavy (non-hydrogen) atoms. The first kappa shape index (κ1) is 15.7. The molecule has 0 atom stereocenters. The number of ether oxygens (including phenoxy) is 2. The van der Waals surface area contributed by atoms with Crippen LogP contribution in [0.1, 0.15) is 6.92 Å². The summed E-state index contributed by atoms with van der Waals surface area (Å²) < 4.78 is 15.5. The molecule has 0 saturated heterocycles. The van der Waals surface area contributed by atoms with Crippen LogP contribution in [-0.2, 0) is 9.53 Å². The second-order valence-electron chi connectivity index (χ2n) is 4.96. The van der Waals surface area contributed by atoms with Crippen LogP contribution in [0.2, 0.25) is 0 Å². The maximum absolute atomic E-state index is 12.2. The molecule has 2 heterocycles. The van der Waals surface area contributed by atoms with Gasteiger partial charge in [-0.3, -0.25) is 4.98 Å². The number of carbonyl (C=O) groups excluding carboxylic acids is 1. The van der Waals surface area contributed by atoms with E-state index < -0.39 is 11.6 Å². The third-order valence-electron chi connectivity index (χ3n) is 3.31. The molecular formula is C18H15NO5. The number of hydrogen-bond donors (Lipinski definition) is 0. The Hall–Kier alpha value is -3.15. The number of esters is 1. The van der Waals surface area contributed by atoms with Gasteiger partial charge in [0.2, 0.25) is 0 Å². The van der Waals surface area contributed by atoms with Gasteiger partial charge in [0.15, 0.2) is 6.61 Å². The minimum Gasteiger partial charge on any atom is -0.482 e. The van der Waals surface area contributed by atoms with Crippen LogP contribution in [-0.4, -0.2) is 24.2 Å². The molecular weight excluding hydrogens is 310 g/mol. The first-order valence-corrected chi connectivity index (χ1v) is 7.45. The number of hydrogen-bond acceptors (Lipinski definition) is 6. The van der Waals surface area contributed by atoms with E-state index in [1.807, 2.05) is 0 Å². The minimum atomic E-state index is -0.483. The number of nitrogens with zero attached hydrogens (tertiary/aromatic N) is 1. The lowest BCUT2D eigenvalue weighted by atomic mass is 10.1. The van der Waals surface area contributed by atoms with Crippen LogP contribution in [0.3, 0.4) is 0 Å². The van der Waals surface area contributed by atoms with E-state index in [1.54, 1.807) is 55.6 Å². The summed E-state index contributed by atoms with van der Waals surface area (Å²) in [5.74, 6) is -0.0335. The molecule has 0 unspecified atom stereocenters. The molecule has 3 rings (SSSR count). The van der Waals surface area contributed by atoms with E-state index in [2.05, 4.69) is 4.98 Å². The second kappa shape index (κ2) is 6.95. The first-order chi connectivity index (χ1) is 11.7. The Bertz CT molecular complexity index is 918. The highest BCUT2D eigenvalue weighted by Gasteiger charge is 2.10. The van der Waals surface area contributed by atoms with Crippen molar-refractivity contribution >= 4 is 16.9 Å². The summed E-state index contributed by atoms with van der Waals surface area (Å²) in [6, 6.07) is 12.1. The molecule has 0 amide bonds. The van der Waals surface area contributed by atoms with Crippen LogP contribution >= 0.6 is 0 Å². The number of pyridine rings is 1. The molecule has 1 aromatic carbocycles. The highest BCUT2D eigenvalue weighted by atomic mass is 16.6. The Morgan fingerprint density at radius 3 is 2.83 bits per heavy atom. The van der Waals surface area contributed by atoms with Gasteiger partial charge in [0.25, 0.3) is 0 Å². The van der Waals surface area contributed by atoms with Crippen molar-refractivity contribution in [2.45, 2.75) is 6.92 Å². The lowest BCUT2D eigenvalue weighted by Gasteiger charge is -2.07. The van der Waals surface area contributed by atoms with Gasteiger partial charge in [-0.1, -0.05) is 6.07 Å². The Kier molecular flexibility index (Phi) is 4.56. The molecule has 6 nitrogen and oxygen atoms in total. The number of aromatic nitrogens is 1. The molecule has 0 saturated carbocycles. The molecule has 2 aromatic heterocycles. The summed E-state index contributed by atoms with van der Waals surface area (Å²) in [5.41, 5.74) is 0.837. The maximum atomic E-state index is 12.2. The molecule has 122 valence electrons. The standard InChI is InChI=1S/C18H15NO5/c1-2-22-17(20)11-23-13-7-6-12-9-14(15-5-3-4-8-19-15)18(21)24-16(12)10-13/h3-10H,2,11H2,1H3. The first-order valence-electron chi connectivity index (χ1n) is 7.45. The zero-order chi connectivity index (χ0) is 16.9. The summed E-state index contributed by atoms with van der Waals surface area (Å²) >= 11 is 0. The normalized spacial score (nSPS) is 10.5. The summed E-state index contributed by atoms with van der Waals surface area (Å²) in [4.78, 5) is 27.6. The van der Waals surface area contributed by atoms with Gasteiger partial charge in [0.05, 0.1) is 17.9 Å². The zero-order valence-corrected chi connectivity index (χ0v) is 13.0. The average Bonchev–Trinajstić information content (AvgIpc) is 2.60. The van der Waals surface area contributed by atoms with Gasteiger partial charge >= 0.3 is 11.6 Å². The fourth-order valence-corrected chi connectivity index (χ4v) is 2.23. The minimum absolute atomic E-state index is 0.199. The summed E-state index contributed by atoms with van der Waals surface area (Å²) in [6.45, 7) is 1.82. The van der Waals surface area contributed by atoms with E-state index in [4.69, 9.17) is 13.9 Å². The topological polar surface area (TPSA) is 78.6 Å². The van der Waals surface area contributed by atoms with Crippen LogP contribution in [0.15, 0.2) is 57.9 Å². The van der Waals surface area contributed by atoms with Gasteiger partial charge in [0, 0.05) is 17.6 Å².